The number of benzene rings is 1. The van der Waals surface area contributed by atoms with E-state index < -0.39 is 5.54 Å². The minimum Gasteiger partial charge on any atom is -0.351 e. The fourth-order valence-corrected chi connectivity index (χ4v) is 2.76. The van der Waals surface area contributed by atoms with E-state index in [0.717, 1.165) is 12.0 Å². The number of carbonyl (C=O) groups is 1. The van der Waals surface area contributed by atoms with Gasteiger partial charge in [0.25, 0.3) is 0 Å². The van der Waals surface area contributed by atoms with Gasteiger partial charge in [-0.2, -0.15) is 0 Å². The van der Waals surface area contributed by atoms with E-state index in [2.05, 4.69) is 12.2 Å². The number of rotatable bonds is 3. The van der Waals surface area contributed by atoms with Gasteiger partial charge in [0, 0.05) is 6.04 Å². The fraction of sp³-hybridized carbons (Fsp3) is 0.562. The van der Waals surface area contributed by atoms with Crippen LogP contribution in [0.1, 0.15) is 45.1 Å². The molecule has 3 nitrogen and oxygen atoms in total. The number of carbonyl (C=O) groups excluding carboxylic acids is 1. The summed E-state index contributed by atoms with van der Waals surface area (Å²) in [6.07, 6.45) is 4.73. The first-order chi connectivity index (χ1) is 9.01. The van der Waals surface area contributed by atoms with Crippen molar-refractivity contribution in [2.24, 2.45) is 11.7 Å². The third kappa shape index (κ3) is 3.16. The Kier molecular flexibility index (Phi) is 4.25. The molecule has 1 aliphatic rings. The molecule has 1 aliphatic carbocycles. The first-order valence-electron chi connectivity index (χ1n) is 7.17. The SMILES string of the molecule is CC1CCCCC1NC(=O)C(C)(N)c1ccccc1. The molecular formula is C16H24N2O. The van der Waals surface area contributed by atoms with E-state index in [1.54, 1.807) is 6.92 Å². The lowest BCUT2D eigenvalue weighted by molar-refractivity contribution is -0.127. The van der Waals surface area contributed by atoms with Crippen molar-refractivity contribution in [1.29, 1.82) is 0 Å². The zero-order valence-corrected chi connectivity index (χ0v) is 11.9. The van der Waals surface area contributed by atoms with E-state index in [4.69, 9.17) is 5.73 Å². The zero-order chi connectivity index (χ0) is 13.9. The molecule has 0 saturated heterocycles. The summed E-state index contributed by atoms with van der Waals surface area (Å²) in [5, 5.41) is 3.14. The van der Waals surface area contributed by atoms with Crippen LogP contribution >= 0.6 is 0 Å². The van der Waals surface area contributed by atoms with Gasteiger partial charge < -0.3 is 11.1 Å². The number of hydrogen-bond donors (Lipinski definition) is 2. The minimum absolute atomic E-state index is 0.0718. The maximum Gasteiger partial charge on any atom is 0.244 e. The Morgan fingerprint density at radius 2 is 1.89 bits per heavy atom. The molecule has 1 amide bonds. The van der Waals surface area contributed by atoms with Gasteiger partial charge in [-0.25, -0.2) is 0 Å². The summed E-state index contributed by atoms with van der Waals surface area (Å²) in [4.78, 5) is 12.4. The van der Waals surface area contributed by atoms with Crippen LogP contribution in [0.3, 0.4) is 0 Å². The average molecular weight is 260 g/mol. The predicted molar refractivity (Wildman–Crippen MR) is 77.5 cm³/mol. The van der Waals surface area contributed by atoms with Crippen molar-refractivity contribution in [2.45, 2.75) is 51.1 Å². The monoisotopic (exact) mass is 260 g/mol. The highest BCUT2D eigenvalue weighted by Crippen LogP contribution is 2.25. The van der Waals surface area contributed by atoms with Crippen LogP contribution in [0.5, 0.6) is 0 Å². The summed E-state index contributed by atoms with van der Waals surface area (Å²) in [5.74, 6) is 0.474. The van der Waals surface area contributed by atoms with Crippen LogP contribution in [0.2, 0.25) is 0 Å². The Morgan fingerprint density at radius 1 is 1.26 bits per heavy atom. The molecule has 1 fully saturated rings. The predicted octanol–water partition coefficient (Wildman–Crippen LogP) is 2.56. The topological polar surface area (TPSA) is 55.1 Å². The van der Waals surface area contributed by atoms with Crippen LogP contribution in [0.4, 0.5) is 0 Å². The van der Waals surface area contributed by atoms with Crippen LogP contribution in [0, 0.1) is 5.92 Å². The molecule has 3 heteroatoms. The second-order valence-electron chi connectivity index (χ2n) is 5.91. The Bertz CT molecular complexity index is 428. The summed E-state index contributed by atoms with van der Waals surface area (Å²) in [7, 11) is 0. The van der Waals surface area contributed by atoms with E-state index in [9.17, 15) is 4.79 Å². The molecule has 1 aromatic rings. The molecule has 0 aromatic heterocycles. The zero-order valence-electron chi connectivity index (χ0n) is 11.9. The third-order valence-electron chi connectivity index (χ3n) is 4.27. The van der Waals surface area contributed by atoms with E-state index in [1.165, 1.54) is 19.3 Å². The standard InChI is InChI=1S/C16H24N2O/c1-12-8-6-7-11-14(12)18-15(19)16(2,17)13-9-4-3-5-10-13/h3-5,9-10,12,14H,6-8,11,17H2,1-2H3,(H,18,19). The molecule has 104 valence electrons. The summed E-state index contributed by atoms with van der Waals surface area (Å²) in [5.41, 5.74) is 6.13. The van der Waals surface area contributed by atoms with Crippen LogP contribution in [0.15, 0.2) is 30.3 Å². The summed E-state index contributed by atoms with van der Waals surface area (Å²) < 4.78 is 0. The van der Waals surface area contributed by atoms with Crippen LogP contribution in [-0.4, -0.2) is 11.9 Å². The molecule has 2 rings (SSSR count). The third-order valence-corrected chi connectivity index (χ3v) is 4.27. The van der Waals surface area contributed by atoms with Crippen molar-refractivity contribution < 1.29 is 4.79 Å². The van der Waals surface area contributed by atoms with Crippen molar-refractivity contribution >= 4 is 5.91 Å². The first kappa shape index (κ1) is 14.1. The molecule has 3 unspecified atom stereocenters. The summed E-state index contributed by atoms with van der Waals surface area (Å²) >= 11 is 0. The number of hydrogen-bond acceptors (Lipinski definition) is 2. The Labute approximate surface area is 115 Å². The van der Waals surface area contributed by atoms with Crippen molar-refractivity contribution in [2.75, 3.05) is 0 Å². The highest BCUT2D eigenvalue weighted by molar-refractivity contribution is 5.87. The average Bonchev–Trinajstić information content (AvgIpc) is 2.42. The van der Waals surface area contributed by atoms with Crippen LogP contribution in [0.25, 0.3) is 0 Å². The molecule has 3 atom stereocenters. The van der Waals surface area contributed by atoms with E-state index in [0.29, 0.717) is 5.92 Å². The lowest BCUT2D eigenvalue weighted by atomic mass is 9.84. The lowest BCUT2D eigenvalue weighted by Gasteiger charge is -2.33. The molecule has 1 aromatic carbocycles. The second-order valence-corrected chi connectivity index (χ2v) is 5.91. The molecule has 19 heavy (non-hydrogen) atoms. The van der Waals surface area contributed by atoms with Gasteiger partial charge >= 0.3 is 0 Å². The molecule has 0 aliphatic heterocycles. The van der Waals surface area contributed by atoms with Gasteiger partial charge in [0.1, 0.15) is 5.54 Å². The second kappa shape index (κ2) is 5.74. The summed E-state index contributed by atoms with van der Waals surface area (Å²) in [6, 6.07) is 9.84. The van der Waals surface area contributed by atoms with Gasteiger partial charge in [-0.15, -0.1) is 0 Å². The molecule has 0 heterocycles. The van der Waals surface area contributed by atoms with Gasteiger partial charge in [0.05, 0.1) is 0 Å². The Balaban J connectivity index is 2.06. The van der Waals surface area contributed by atoms with Gasteiger partial charge in [0.15, 0.2) is 0 Å². The largest absolute Gasteiger partial charge is 0.351 e. The number of amides is 1. The van der Waals surface area contributed by atoms with Crippen molar-refractivity contribution in [3.05, 3.63) is 35.9 Å². The van der Waals surface area contributed by atoms with Gasteiger partial charge in [-0.05, 0) is 31.2 Å². The lowest BCUT2D eigenvalue weighted by Crippen LogP contribution is -2.53. The molecule has 0 bridgehead atoms. The molecular weight excluding hydrogens is 236 g/mol. The van der Waals surface area contributed by atoms with E-state index >= 15 is 0 Å². The van der Waals surface area contributed by atoms with Gasteiger partial charge in [-0.3, -0.25) is 4.79 Å². The van der Waals surface area contributed by atoms with Crippen molar-refractivity contribution in [3.8, 4) is 0 Å². The normalized spacial score (nSPS) is 26.5. The Hall–Kier alpha value is -1.35. The maximum absolute atomic E-state index is 12.4. The van der Waals surface area contributed by atoms with Crippen molar-refractivity contribution in [3.63, 3.8) is 0 Å². The maximum atomic E-state index is 12.4. The van der Waals surface area contributed by atoms with Gasteiger partial charge in [-0.1, -0.05) is 50.1 Å². The van der Waals surface area contributed by atoms with E-state index in [1.807, 2.05) is 30.3 Å². The number of nitrogens with one attached hydrogen (secondary N) is 1. The number of nitrogens with two attached hydrogens (primary N) is 1. The minimum atomic E-state index is -0.960. The van der Waals surface area contributed by atoms with Crippen molar-refractivity contribution in [1.82, 2.24) is 5.32 Å². The van der Waals surface area contributed by atoms with Crippen LogP contribution < -0.4 is 11.1 Å². The highest BCUT2D eigenvalue weighted by atomic mass is 16.2. The van der Waals surface area contributed by atoms with E-state index in [-0.39, 0.29) is 11.9 Å². The molecule has 3 N–H and O–H groups in total. The molecule has 0 radical (unpaired) electrons. The Morgan fingerprint density at radius 3 is 2.53 bits per heavy atom. The van der Waals surface area contributed by atoms with Gasteiger partial charge in [0.2, 0.25) is 5.91 Å². The molecule has 0 spiro atoms. The van der Waals surface area contributed by atoms with Crippen LogP contribution in [-0.2, 0) is 10.3 Å². The first-order valence-corrected chi connectivity index (χ1v) is 7.17. The highest BCUT2D eigenvalue weighted by Gasteiger charge is 2.33. The summed E-state index contributed by atoms with van der Waals surface area (Å²) in [6.45, 7) is 3.99. The smallest absolute Gasteiger partial charge is 0.244 e. The fourth-order valence-electron chi connectivity index (χ4n) is 2.76. The quantitative estimate of drug-likeness (QED) is 0.877. The molecule has 1 saturated carbocycles.